The average molecular weight is 377 g/mol. The van der Waals surface area contributed by atoms with Crippen LogP contribution in [0.25, 0.3) is 5.69 Å². The first-order valence-corrected chi connectivity index (χ1v) is 9.26. The molecule has 28 heavy (non-hydrogen) atoms. The first-order chi connectivity index (χ1) is 13.5. The van der Waals surface area contributed by atoms with Crippen LogP contribution in [0.2, 0.25) is 0 Å². The Morgan fingerprint density at radius 1 is 1.25 bits per heavy atom. The van der Waals surface area contributed by atoms with E-state index in [0.29, 0.717) is 28.3 Å². The van der Waals surface area contributed by atoms with Crippen LogP contribution in [0.3, 0.4) is 0 Å². The lowest BCUT2D eigenvalue weighted by Gasteiger charge is -2.23. The highest BCUT2D eigenvalue weighted by Crippen LogP contribution is 2.38. The lowest BCUT2D eigenvalue weighted by atomic mass is 9.85. The second-order valence-electron chi connectivity index (χ2n) is 6.96. The standard InChI is InChI=1S/C22H20FN3O2/c1-3-14-7-9-15(10-8-14)21(28)18-12-19(27)24-22-20(18)13(2)25-26(22)17-6-4-5-16(23)11-17/h4-11,18H,3,12H2,1-2H3,(H,24,27). The molecule has 0 radical (unpaired) electrons. The van der Waals surface area contributed by atoms with Crippen molar-refractivity contribution in [2.75, 3.05) is 5.32 Å². The van der Waals surface area contributed by atoms with E-state index < -0.39 is 11.7 Å². The molecule has 5 nitrogen and oxygen atoms in total. The van der Waals surface area contributed by atoms with Gasteiger partial charge in [-0.25, -0.2) is 9.07 Å². The Labute approximate surface area is 162 Å². The largest absolute Gasteiger partial charge is 0.310 e. The quantitative estimate of drug-likeness (QED) is 0.694. The predicted octanol–water partition coefficient (Wildman–Crippen LogP) is 4.19. The van der Waals surface area contributed by atoms with E-state index >= 15 is 0 Å². The number of fused-ring (bicyclic) bond motifs is 1. The Hall–Kier alpha value is -3.28. The second-order valence-corrected chi connectivity index (χ2v) is 6.96. The molecular formula is C22H20FN3O2. The van der Waals surface area contributed by atoms with Gasteiger partial charge in [0.15, 0.2) is 5.78 Å². The van der Waals surface area contributed by atoms with Crippen molar-refractivity contribution in [3.8, 4) is 5.69 Å². The van der Waals surface area contributed by atoms with Gasteiger partial charge in [0.1, 0.15) is 11.6 Å². The fourth-order valence-corrected chi connectivity index (χ4v) is 3.67. The maximum Gasteiger partial charge on any atom is 0.226 e. The summed E-state index contributed by atoms with van der Waals surface area (Å²) in [6.07, 6.45) is 0.959. The zero-order valence-corrected chi connectivity index (χ0v) is 15.7. The molecule has 0 bridgehead atoms. The van der Waals surface area contributed by atoms with Gasteiger partial charge in [0.2, 0.25) is 5.91 Å². The molecule has 1 unspecified atom stereocenters. The summed E-state index contributed by atoms with van der Waals surface area (Å²) < 4.78 is 15.2. The number of anilines is 1. The van der Waals surface area contributed by atoms with Gasteiger partial charge in [0.05, 0.1) is 17.3 Å². The van der Waals surface area contributed by atoms with Crippen molar-refractivity contribution in [1.29, 1.82) is 0 Å². The van der Waals surface area contributed by atoms with E-state index in [1.807, 2.05) is 12.1 Å². The number of nitrogens with one attached hydrogen (secondary N) is 1. The molecule has 0 saturated heterocycles. The topological polar surface area (TPSA) is 64.0 Å². The zero-order valence-electron chi connectivity index (χ0n) is 15.7. The second kappa shape index (κ2) is 7.03. The summed E-state index contributed by atoms with van der Waals surface area (Å²) >= 11 is 0. The number of carbonyl (C=O) groups excluding carboxylic acids is 2. The van der Waals surface area contributed by atoms with Crippen LogP contribution in [0.1, 0.15) is 46.4 Å². The number of benzene rings is 2. The first-order valence-electron chi connectivity index (χ1n) is 9.26. The Morgan fingerprint density at radius 2 is 2.00 bits per heavy atom. The van der Waals surface area contributed by atoms with Crippen LogP contribution >= 0.6 is 0 Å². The van der Waals surface area contributed by atoms with Gasteiger partial charge in [-0.2, -0.15) is 5.10 Å². The third-order valence-corrected chi connectivity index (χ3v) is 5.12. The Morgan fingerprint density at radius 3 is 2.68 bits per heavy atom. The molecule has 2 heterocycles. The van der Waals surface area contributed by atoms with Crippen molar-refractivity contribution in [2.45, 2.75) is 32.6 Å². The van der Waals surface area contributed by atoms with Gasteiger partial charge in [-0.1, -0.05) is 37.3 Å². The molecule has 1 amide bonds. The Balaban J connectivity index is 1.78. The highest BCUT2D eigenvalue weighted by Gasteiger charge is 2.36. The number of halogens is 1. The summed E-state index contributed by atoms with van der Waals surface area (Å²) in [5.74, 6) is -0.944. The summed E-state index contributed by atoms with van der Waals surface area (Å²) in [5, 5.41) is 7.28. The summed E-state index contributed by atoms with van der Waals surface area (Å²) in [7, 11) is 0. The molecule has 1 N–H and O–H groups in total. The maximum atomic E-state index is 13.7. The van der Waals surface area contributed by atoms with Crippen molar-refractivity contribution in [2.24, 2.45) is 0 Å². The molecule has 2 aromatic carbocycles. The highest BCUT2D eigenvalue weighted by atomic mass is 19.1. The van der Waals surface area contributed by atoms with Crippen molar-refractivity contribution in [3.05, 3.63) is 76.7 Å². The lowest BCUT2D eigenvalue weighted by Crippen LogP contribution is -2.28. The van der Waals surface area contributed by atoms with Crippen LogP contribution < -0.4 is 5.32 Å². The SMILES string of the molecule is CCc1ccc(C(=O)C2CC(=O)Nc3c2c(C)nn3-c2cccc(F)c2)cc1. The van der Waals surface area contributed by atoms with Crippen LogP contribution in [0.15, 0.2) is 48.5 Å². The number of carbonyl (C=O) groups is 2. The van der Waals surface area contributed by atoms with Crippen LogP contribution in [0.4, 0.5) is 10.2 Å². The van der Waals surface area contributed by atoms with E-state index in [1.165, 1.54) is 16.8 Å². The lowest BCUT2D eigenvalue weighted by molar-refractivity contribution is -0.116. The zero-order chi connectivity index (χ0) is 19.8. The van der Waals surface area contributed by atoms with Crippen molar-refractivity contribution >= 4 is 17.5 Å². The van der Waals surface area contributed by atoms with Gasteiger partial charge in [0, 0.05) is 17.5 Å². The minimum atomic E-state index is -0.612. The van der Waals surface area contributed by atoms with Crippen molar-refractivity contribution in [3.63, 3.8) is 0 Å². The molecule has 142 valence electrons. The number of hydrogen-bond donors (Lipinski definition) is 1. The van der Waals surface area contributed by atoms with Gasteiger partial charge in [0.25, 0.3) is 0 Å². The van der Waals surface area contributed by atoms with Crippen LogP contribution in [-0.2, 0) is 11.2 Å². The van der Waals surface area contributed by atoms with Crippen molar-refractivity contribution < 1.29 is 14.0 Å². The third-order valence-electron chi connectivity index (χ3n) is 5.12. The fourth-order valence-electron chi connectivity index (χ4n) is 3.67. The molecule has 1 aromatic heterocycles. The molecule has 1 atom stereocenters. The number of aryl methyl sites for hydroxylation is 2. The normalized spacial score (nSPS) is 15.8. The van der Waals surface area contributed by atoms with Crippen LogP contribution in [0, 0.1) is 12.7 Å². The first kappa shape index (κ1) is 18.1. The Bertz CT molecular complexity index is 1070. The molecule has 0 fully saturated rings. The summed E-state index contributed by atoms with van der Waals surface area (Å²) in [6, 6.07) is 13.4. The number of Topliss-reactive ketones (excluding diaryl/α,β-unsaturated/α-hetero) is 1. The number of hydrogen-bond acceptors (Lipinski definition) is 3. The minimum absolute atomic E-state index is 0.0665. The summed E-state index contributed by atoms with van der Waals surface area (Å²) in [6.45, 7) is 3.85. The number of nitrogens with zero attached hydrogens (tertiary/aromatic N) is 2. The van der Waals surface area contributed by atoms with Gasteiger partial charge in [-0.3, -0.25) is 9.59 Å². The van der Waals surface area contributed by atoms with E-state index in [9.17, 15) is 14.0 Å². The molecule has 6 heteroatoms. The number of rotatable bonds is 4. The van der Waals surface area contributed by atoms with Gasteiger partial charge in [-0.15, -0.1) is 0 Å². The molecule has 1 aliphatic rings. The van der Waals surface area contributed by atoms with E-state index in [0.717, 1.165) is 12.0 Å². The number of amides is 1. The molecule has 4 rings (SSSR count). The van der Waals surface area contributed by atoms with Crippen LogP contribution in [0.5, 0.6) is 0 Å². The maximum absolute atomic E-state index is 13.7. The molecule has 0 spiro atoms. The monoisotopic (exact) mass is 377 g/mol. The minimum Gasteiger partial charge on any atom is -0.310 e. The predicted molar refractivity (Wildman–Crippen MR) is 104 cm³/mol. The van der Waals surface area contributed by atoms with Crippen LogP contribution in [-0.4, -0.2) is 21.5 Å². The van der Waals surface area contributed by atoms with E-state index in [1.54, 1.807) is 31.2 Å². The Kier molecular flexibility index (Phi) is 4.55. The number of ketones is 1. The van der Waals surface area contributed by atoms with E-state index in [4.69, 9.17) is 0 Å². The van der Waals surface area contributed by atoms with Gasteiger partial charge < -0.3 is 5.32 Å². The summed E-state index contributed by atoms with van der Waals surface area (Å²) in [5.41, 5.74) is 3.54. The van der Waals surface area contributed by atoms with E-state index in [2.05, 4.69) is 17.3 Å². The molecule has 3 aromatic rings. The molecule has 1 aliphatic heterocycles. The summed E-state index contributed by atoms with van der Waals surface area (Å²) in [4.78, 5) is 25.5. The van der Waals surface area contributed by atoms with Gasteiger partial charge in [-0.05, 0) is 37.1 Å². The van der Waals surface area contributed by atoms with E-state index in [-0.39, 0.29) is 18.1 Å². The number of aromatic nitrogens is 2. The third kappa shape index (κ3) is 3.11. The highest BCUT2D eigenvalue weighted by molar-refractivity contribution is 6.08. The van der Waals surface area contributed by atoms with Crippen molar-refractivity contribution in [1.82, 2.24) is 9.78 Å². The van der Waals surface area contributed by atoms with Gasteiger partial charge >= 0.3 is 0 Å². The fraction of sp³-hybridized carbons (Fsp3) is 0.227. The molecule has 0 saturated carbocycles. The molecular weight excluding hydrogens is 357 g/mol. The smallest absolute Gasteiger partial charge is 0.226 e. The average Bonchev–Trinajstić information content (AvgIpc) is 3.03. The molecule has 0 aliphatic carbocycles.